The van der Waals surface area contributed by atoms with Crippen molar-refractivity contribution in [2.75, 3.05) is 18.5 Å². The van der Waals surface area contributed by atoms with Gasteiger partial charge in [-0.05, 0) is 26.0 Å². The van der Waals surface area contributed by atoms with Crippen LogP contribution in [0.2, 0.25) is 0 Å². The van der Waals surface area contributed by atoms with Gasteiger partial charge in [0, 0.05) is 12.7 Å². The highest BCUT2D eigenvalue weighted by Crippen LogP contribution is 2.22. The monoisotopic (exact) mass is 251 g/mol. The summed E-state index contributed by atoms with van der Waals surface area (Å²) in [5.74, 6) is -0.587. The van der Waals surface area contributed by atoms with Crippen molar-refractivity contribution in [3.05, 3.63) is 23.9 Å². The van der Waals surface area contributed by atoms with E-state index in [1.165, 1.54) is 0 Å². The highest BCUT2D eigenvalue weighted by atomic mass is 16.7. The third-order valence-electron chi connectivity index (χ3n) is 2.64. The van der Waals surface area contributed by atoms with E-state index in [2.05, 4.69) is 10.3 Å². The molecule has 6 heteroatoms. The van der Waals surface area contributed by atoms with Crippen molar-refractivity contribution in [3.8, 4) is 0 Å². The smallest absolute Gasteiger partial charge is 0.252 e. The second-order valence-electron chi connectivity index (χ2n) is 4.60. The summed E-state index contributed by atoms with van der Waals surface area (Å²) in [6, 6.07) is 3.30. The molecular formula is C12H17N3O3. The van der Waals surface area contributed by atoms with E-state index >= 15 is 0 Å². The number of anilines is 1. The van der Waals surface area contributed by atoms with Crippen LogP contribution in [0, 0.1) is 0 Å². The number of hydrogen-bond donors (Lipinski definition) is 2. The van der Waals surface area contributed by atoms with Gasteiger partial charge in [0.05, 0.1) is 12.2 Å². The molecule has 1 atom stereocenters. The summed E-state index contributed by atoms with van der Waals surface area (Å²) in [5, 5.41) is 3.06. The van der Waals surface area contributed by atoms with Crippen LogP contribution in [0.4, 0.5) is 5.82 Å². The Balaban J connectivity index is 1.97. The van der Waals surface area contributed by atoms with Crippen molar-refractivity contribution in [1.82, 2.24) is 4.98 Å². The maximum absolute atomic E-state index is 11.2. The van der Waals surface area contributed by atoms with Crippen LogP contribution in [0.5, 0.6) is 0 Å². The Labute approximate surface area is 105 Å². The normalized spacial score (nSPS) is 21.8. The van der Waals surface area contributed by atoms with E-state index < -0.39 is 11.7 Å². The van der Waals surface area contributed by atoms with Crippen molar-refractivity contribution < 1.29 is 14.3 Å². The molecule has 0 spiro atoms. The molecule has 0 bridgehead atoms. The summed E-state index contributed by atoms with van der Waals surface area (Å²) in [6.45, 7) is 4.75. The van der Waals surface area contributed by atoms with Crippen molar-refractivity contribution in [2.45, 2.75) is 25.7 Å². The highest BCUT2D eigenvalue weighted by Gasteiger charge is 2.32. The average molecular weight is 251 g/mol. The quantitative estimate of drug-likeness (QED) is 0.824. The number of ether oxygens (including phenoxy) is 2. The van der Waals surface area contributed by atoms with Gasteiger partial charge >= 0.3 is 0 Å². The zero-order chi connectivity index (χ0) is 13.2. The minimum Gasteiger partial charge on any atom is -0.367 e. The lowest BCUT2D eigenvalue weighted by molar-refractivity contribution is -0.136. The molecule has 0 saturated carbocycles. The number of hydrogen-bond acceptors (Lipinski definition) is 5. The van der Waals surface area contributed by atoms with E-state index in [-0.39, 0.29) is 6.10 Å². The predicted molar refractivity (Wildman–Crippen MR) is 66.1 cm³/mol. The number of rotatable bonds is 4. The van der Waals surface area contributed by atoms with Gasteiger partial charge in [-0.15, -0.1) is 0 Å². The Morgan fingerprint density at radius 1 is 1.67 bits per heavy atom. The maximum Gasteiger partial charge on any atom is 0.252 e. The van der Waals surface area contributed by atoms with Crippen molar-refractivity contribution in [1.29, 1.82) is 0 Å². The number of nitrogens with one attached hydrogen (secondary N) is 1. The highest BCUT2D eigenvalue weighted by molar-refractivity contribution is 5.97. The van der Waals surface area contributed by atoms with Crippen LogP contribution >= 0.6 is 0 Å². The largest absolute Gasteiger partial charge is 0.367 e. The number of carbonyl (C=O) groups excluding carboxylic acids is 1. The molecule has 3 N–H and O–H groups in total. The van der Waals surface area contributed by atoms with Crippen LogP contribution in [0.1, 0.15) is 24.2 Å². The zero-order valence-electron chi connectivity index (χ0n) is 10.5. The Morgan fingerprint density at radius 2 is 2.44 bits per heavy atom. The number of aromatic nitrogens is 1. The minimum atomic E-state index is -0.553. The van der Waals surface area contributed by atoms with Crippen LogP contribution in [0.25, 0.3) is 0 Å². The maximum atomic E-state index is 11.2. The second-order valence-corrected chi connectivity index (χ2v) is 4.60. The fourth-order valence-electron chi connectivity index (χ4n) is 1.82. The molecule has 1 unspecified atom stereocenters. The first kappa shape index (κ1) is 12.8. The van der Waals surface area contributed by atoms with Gasteiger partial charge in [0.1, 0.15) is 11.9 Å². The molecule has 1 saturated heterocycles. The molecule has 0 radical (unpaired) electrons. The van der Waals surface area contributed by atoms with Crippen molar-refractivity contribution in [3.63, 3.8) is 0 Å². The number of nitrogens with two attached hydrogens (primary N) is 1. The molecular weight excluding hydrogens is 234 g/mol. The van der Waals surface area contributed by atoms with Crippen LogP contribution in [0.3, 0.4) is 0 Å². The molecule has 6 nitrogen and oxygen atoms in total. The summed E-state index contributed by atoms with van der Waals surface area (Å²) in [6.07, 6.45) is 1.53. The summed E-state index contributed by atoms with van der Waals surface area (Å²) in [5.41, 5.74) is 5.64. The van der Waals surface area contributed by atoms with Gasteiger partial charge in [0.2, 0.25) is 0 Å². The van der Waals surface area contributed by atoms with Gasteiger partial charge in [-0.2, -0.15) is 0 Å². The molecule has 1 aliphatic rings. The first-order chi connectivity index (χ1) is 8.48. The molecule has 98 valence electrons. The molecule has 2 rings (SSSR count). The third-order valence-corrected chi connectivity index (χ3v) is 2.64. The Bertz CT molecular complexity index is 448. The van der Waals surface area contributed by atoms with Crippen molar-refractivity contribution >= 4 is 11.7 Å². The molecule has 1 aliphatic heterocycles. The Hall–Kier alpha value is -1.66. The molecule has 18 heavy (non-hydrogen) atoms. The molecule has 0 aliphatic carbocycles. The van der Waals surface area contributed by atoms with E-state index in [0.29, 0.717) is 24.5 Å². The number of pyridine rings is 1. The summed E-state index contributed by atoms with van der Waals surface area (Å²) in [7, 11) is 0. The number of primary amides is 1. The number of carbonyl (C=O) groups is 1. The third kappa shape index (κ3) is 2.96. The van der Waals surface area contributed by atoms with E-state index in [9.17, 15) is 4.79 Å². The zero-order valence-corrected chi connectivity index (χ0v) is 10.5. The predicted octanol–water partition coefficient (Wildman–Crippen LogP) is 0.744. The van der Waals surface area contributed by atoms with Gasteiger partial charge in [-0.1, -0.05) is 0 Å². The lowest BCUT2D eigenvalue weighted by atomic mass is 10.2. The molecule has 1 fully saturated rings. The van der Waals surface area contributed by atoms with E-state index in [1.54, 1.807) is 18.3 Å². The summed E-state index contributed by atoms with van der Waals surface area (Å²) >= 11 is 0. The molecule has 0 aromatic carbocycles. The second kappa shape index (κ2) is 4.91. The average Bonchev–Trinajstić information content (AvgIpc) is 2.66. The van der Waals surface area contributed by atoms with E-state index in [4.69, 9.17) is 15.2 Å². The van der Waals surface area contributed by atoms with Crippen LogP contribution in [-0.4, -0.2) is 35.9 Å². The molecule has 1 aromatic rings. The Kier molecular flexibility index (Phi) is 3.49. The topological polar surface area (TPSA) is 86.5 Å². The SMILES string of the molecule is CC1(C)OCC(CNc2ncccc2C(N)=O)O1. The van der Waals surface area contributed by atoms with Gasteiger partial charge in [0.15, 0.2) is 5.79 Å². The first-order valence-electron chi connectivity index (χ1n) is 5.78. The lowest BCUT2D eigenvalue weighted by Gasteiger charge is -2.17. The number of amides is 1. The molecule has 1 amide bonds. The molecule has 1 aromatic heterocycles. The standard InChI is InChI=1S/C12H17N3O3/c1-12(2)17-7-8(18-12)6-15-11-9(10(13)16)4-3-5-14-11/h3-5,8H,6-7H2,1-2H3,(H2,13,16)(H,14,15). The van der Waals surface area contributed by atoms with E-state index in [0.717, 1.165) is 0 Å². The van der Waals surface area contributed by atoms with Gasteiger partial charge in [-0.3, -0.25) is 4.79 Å². The minimum absolute atomic E-state index is 0.0669. The van der Waals surface area contributed by atoms with Crippen LogP contribution < -0.4 is 11.1 Å². The number of nitrogens with zero attached hydrogens (tertiary/aromatic N) is 1. The fraction of sp³-hybridized carbons (Fsp3) is 0.500. The van der Waals surface area contributed by atoms with Crippen LogP contribution in [-0.2, 0) is 9.47 Å². The van der Waals surface area contributed by atoms with Crippen molar-refractivity contribution in [2.24, 2.45) is 5.73 Å². The summed E-state index contributed by atoms with van der Waals surface area (Å²) < 4.78 is 11.1. The van der Waals surface area contributed by atoms with Gasteiger partial charge < -0.3 is 20.5 Å². The lowest BCUT2D eigenvalue weighted by Crippen LogP contribution is -2.27. The van der Waals surface area contributed by atoms with Gasteiger partial charge in [-0.25, -0.2) is 4.98 Å². The first-order valence-corrected chi connectivity index (χ1v) is 5.78. The van der Waals surface area contributed by atoms with Gasteiger partial charge in [0.25, 0.3) is 5.91 Å². The fourth-order valence-corrected chi connectivity index (χ4v) is 1.82. The van der Waals surface area contributed by atoms with Crippen LogP contribution in [0.15, 0.2) is 18.3 Å². The van der Waals surface area contributed by atoms with E-state index in [1.807, 2.05) is 13.8 Å². The molecule has 2 heterocycles. The summed E-state index contributed by atoms with van der Waals surface area (Å²) in [4.78, 5) is 15.3. The Morgan fingerprint density at radius 3 is 3.06 bits per heavy atom.